The lowest BCUT2D eigenvalue weighted by Gasteiger charge is -2.44. The van der Waals surface area contributed by atoms with Crippen molar-refractivity contribution in [3.63, 3.8) is 0 Å². The molecule has 0 bridgehead atoms. The van der Waals surface area contributed by atoms with Gasteiger partial charge in [0, 0.05) is 12.5 Å². The van der Waals surface area contributed by atoms with Gasteiger partial charge in [-0.3, -0.25) is 4.18 Å². The van der Waals surface area contributed by atoms with E-state index < -0.39 is 34.2 Å². The van der Waals surface area contributed by atoms with Crippen LogP contribution in [-0.4, -0.2) is 31.9 Å². The van der Waals surface area contributed by atoms with E-state index in [0.29, 0.717) is 5.56 Å². The quantitative estimate of drug-likeness (QED) is 0.891. The van der Waals surface area contributed by atoms with E-state index in [0.717, 1.165) is 11.2 Å². The molecule has 134 valence electrons. The molecule has 2 rings (SSSR count). The van der Waals surface area contributed by atoms with Crippen molar-refractivity contribution in [2.45, 2.75) is 45.6 Å². The summed E-state index contributed by atoms with van der Waals surface area (Å²) in [4.78, 5) is 11.6. The molecule has 2 atom stereocenters. The lowest BCUT2D eigenvalue weighted by molar-refractivity contribution is 0.0174. The van der Waals surface area contributed by atoms with Crippen LogP contribution in [0.3, 0.4) is 0 Å². The fourth-order valence-corrected chi connectivity index (χ4v) is 4.02. The maximum absolute atomic E-state index is 13.3. The van der Waals surface area contributed by atoms with E-state index in [9.17, 15) is 22.9 Å². The first-order valence-corrected chi connectivity index (χ1v) is 8.47. The van der Waals surface area contributed by atoms with Crippen LogP contribution in [0.4, 0.5) is 13.6 Å². The van der Waals surface area contributed by atoms with Crippen LogP contribution in [0.2, 0.25) is 0 Å². The van der Waals surface area contributed by atoms with Crippen molar-refractivity contribution in [2.75, 3.05) is 6.61 Å². The summed E-state index contributed by atoms with van der Waals surface area (Å²) in [5, 5.41) is 9.47. The lowest BCUT2D eigenvalue weighted by atomic mass is 9.70. The normalized spacial score (nSPS) is 25.1. The van der Waals surface area contributed by atoms with Crippen molar-refractivity contribution in [1.82, 2.24) is 4.31 Å². The predicted octanol–water partition coefficient (Wildman–Crippen LogP) is 3.71. The highest BCUT2D eigenvalue weighted by atomic mass is 32.2. The molecule has 1 fully saturated rings. The summed E-state index contributed by atoms with van der Waals surface area (Å²) in [5.74, 6) is -2.94. The van der Waals surface area contributed by atoms with E-state index in [4.69, 9.17) is 4.18 Å². The molecular formula is C16H21F2NO4S. The third-order valence-electron chi connectivity index (χ3n) is 4.46. The van der Waals surface area contributed by atoms with E-state index in [1.807, 2.05) is 20.8 Å². The molecule has 0 spiro atoms. The van der Waals surface area contributed by atoms with Crippen molar-refractivity contribution < 1.29 is 27.1 Å². The van der Waals surface area contributed by atoms with Crippen molar-refractivity contribution in [1.29, 1.82) is 0 Å². The molecule has 0 aliphatic carbocycles. The van der Waals surface area contributed by atoms with Gasteiger partial charge in [-0.05, 0) is 17.4 Å². The van der Waals surface area contributed by atoms with Gasteiger partial charge in [0.2, 0.25) is 0 Å². The maximum Gasteiger partial charge on any atom is 0.421 e. The molecule has 8 heteroatoms. The van der Waals surface area contributed by atoms with Crippen LogP contribution < -0.4 is 0 Å². The molecular weight excluding hydrogens is 340 g/mol. The van der Waals surface area contributed by atoms with Crippen molar-refractivity contribution in [3.05, 3.63) is 35.4 Å². The predicted molar refractivity (Wildman–Crippen MR) is 85.9 cm³/mol. The highest BCUT2D eigenvalue weighted by molar-refractivity contribution is 7.78. The van der Waals surface area contributed by atoms with Gasteiger partial charge in [-0.25, -0.2) is 17.8 Å². The summed E-state index contributed by atoms with van der Waals surface area (Å²) in [7, 11) is 0. The summed E-state index contributed by atoms with van der Waals surface area (Å²) in [6.45, 7) is 6.30. The number of rotatable bonds is 3. The van der Waals surface area contributed by atoms with Gasteiger partial charge < -0.3 is 5.11 Å². The van der Waals surface area contributed by atoms with Crippen LogP contribution in [0.25, 0.3) is 0 Å². The van der Waals surface area contributed by atoms with Crippen LogP contribution in [0.5, 0.6) is 0 Å². The third kappa shape index (κ3) is 3.30. The summed E-state index contributed by atoms with van der Waals surface area (Å²) in [6.07, 6.45) is -1.12. The van der Waals surface area contributed by atoms with E-state index in [1.54, 1.807) is 12.1 Å². The summed E-state index contributed by atoms with van der Waals surface area (Å²) < 4.78 is 44.6. The molecule has 1 aromatic rings. The second-order valence-corrected chi connectivity index (χ2v) is 8.13. The van der Waals surface area contributed by atoms with Gasteiger partial charge in [-0.2, -0.15) is 4.31 Å². The summed E-state index contributed by atoms with van der Waals surface area (Å²) in [6, 6.07) is 5.73. The number of carboxylic acid groups (broad SMARTS) is 1. The number of halogens is 2. The summed E-state index contributed by atoms with van der Waals surface area (Å²) >= 11 is -2.08. The number of carbonyl (C=O) groups is 1. The summed E-state index contributed by atoms with van der Waals surface area (Å²) in [5.41, 5.74) is -1.07. The van der Waals surface area contributed by atoms with E-state index in [2.05, 4.69) is 0 Å². The molecule has 1 heterocycles. The standard InChI is InChI=1S/C16H21F2NO4S/c1-14(2,3)16(10-23-24(22)19(16)13(20)21)9-11-5-7-12(8-6-11)15(4,17)18/h5-8H,9-10H2,1-4H3,(H,20,21)/t16-,24-/m1/s1. The molecule has 0 saturated carbocycles. The average Bonchev–Trinajstić information content (AvgIpc) is 2.76. The minimum absolute atomic E-state index is 0.0267. The largest absolute Gasteiger partial charge is 0.464 e. The van der Waals surface area contributed by atoms with E-state index in [-0.39, 0.29) is 18.6 Å². The molecule has 0 aromatic heterocycles. The molecule has 1 saturated heterocycles. The van der Waals surface area contributed by atoms with Gasteiger partial charge in [-0.1, -0.05) is 45.0 Å². The van der Waals surface area contributed by atoms with Crippen LogP contribution in [0.15, 0.2) is 24.3 Å². The lowest BCUT2D eigenvalue weighted by Crippen LogP contribution is -2.58. The minimum Gasteiger partial charge on any atom is -0.464 e. The Kier molecular flexibility index (Phi) is 4.76. The van der Waals surface area contributed by atoms with Gasteiger partial charge in [0.15, 0.2) is 0 Å². The highest BCUT2D eigenvalue weighted by Crippen LogP contribution is 2.44. The molecule has 1 aliphatic heterocycles. The fraction of sp³-hybridized carbons (Fsp3) is 0.562. The zero-order valence-corrected chi connectivity index (χ0v) is 14.8. The number of amides is 1. The number of benzene rings is 1. The SMILES string of the molecule is CC(F)(F)c1ccc(C[C@]2(C(C)(C)C)CO[S@@](=O)N2C(=O)O)cc1. The minimum atomic E-state index is -2.94. The average molecular weight is 361 g/mol. The zero-order valence-electron chi connectivity index (χ0n) is 14.0. The fourth-order valence-electron chi connectivity index (χ4n) is 2.81. The maximum atomic E-state index is 13.3. The van der Waals surface area contributed by atoms with Gasteiger partial charge in [0.25, 0.3) is 17.2 Å². The number of hydrogen-bond acceptors (Lipinski definition) is 3. The Morgan fingerprint density at radius 2 is 1.83 bits per heavy atom. The second-order valence-electron chi connectivity index (χ2n) is 7.10. The third-order valence-corrected chi connectivity index (χ3v) is 5.59. The van der Waals surface area contributed by atoms with Gasteiger partial charge in [0.1, 0.15) is 0 Å². The molecule has 1 aromatic carbocycles. The Labute approximate surface area is 142 Å². The van der Waals surface area contributed by atoms with Gasteiger partial charge in [-0.15, -0.1) is 0 Å². The zero-order chi connectivity index (χ0) is 18.3. The smallest absolute Gasteiger partial charge is 0.421 e. The molecule has 1 amide bonds. The molecule has 1 aliphatic rings. The van der Waals surface area contributed by atoms with Gasteiger partial charge >= 0.3 is 6.09 Å². The van der Waals surface area contributed by atoms with Crippen molar-refractivity contribution in [3.8, 4) is 0 Å². The van der Waals surface area contributed by atoms with Gasteiger partial charge in [0.05, 0.1) is 12.1 Å². The van der Waals surface area contributed by atoms with E-state index in [1.165, 1.54) is 12.1 Å². The topological polar surface area (TPSA) is 66.8 Å². The number of hydrogen-bond donors (Lipinski definition) is 1. The highest BCUT2D eigenvalue weighted by Gasteiger charge is 2.57. The van der Waals surface area contributed by atoms with Crippen LogP contribution >= 0.6 is 0 Å². The van der Waals surface area contributed by atoms with Crippen LogP contribution in [0.1, 0.15) is 38.8 Å². The first kappa shape index (κ1) is 18.8. The Bertz CT molecular complexity index is 652. The Morgan fingerprint density at radius 1 is 1.29 bits per heavy atom. The molecule has 0 radical (unpaired) electrons. The van der Waals surface area contributed by atoms with Crippen molar-refractivity contribution in [2.24, 2.45) is 5.41 Å². The molecule has 0 unspecified atom stereocenters. The molecule has 5 nitrogen and oxygen atoms in total. The molecule has 1 N–H and O–H groups in total. The Balaban J connectivity index is 2.41. The molecule has 24 heavy (non-hydrogen) atoms. The first-order chi connectivity index (χ1) is 10.9. The Morgan fingerprint density at radius 3 is 2.25 bits per heavy atom. The van der Waals surface area contributed by atoms with Crippen molar-refractivity contribution >= 4 is 17.4 Å². The van der Waals surface area contributed by atoms with Crippen LogP contribution in [-0.2, 0) is 27.8 Å². The first-order valence-electron chi connectivity index (χ1n) is 7.44. The monoisotopic (exact) mass is 361 g/mol. The number of alkyl halides is 2. The second kappa shape index (κ2) is 6.07. The van der Waals surface area contributed by atoms with Crippen LogP contribution in [0, 0.1) is 5.41 Å². The van der Waals surface area contributed by atoms with E-state index >= 15 is 0 Å². The Hall–Kier alpha value is -1.54. The number of nitrogens with zero attached hydrogens (tertiary/aromatic N) is 1.